The molecule has 5 nitrogen and oxygen atoms in total. The lowest BCUT2D eigenvalue weighted by Crippen LogP contribution is -2.37. The third-order valence-electron chi connectivity index (χ3n) is 4.38. The quantitative estimate of drug-likeness (QED) is 0.516. The first-order valence-corrected chi connectivity index (χ1v) is 11.2. The number of hydrogen-bond acceptors (Lipinski definition) is 5. The number of halogens is 1. The molecule has 1 aliphatic carbocycles. The van der Waals surface area contributed by atoms with Gasteiger partial charge < -0.3 is 10.6 Å². The first kappa shape index (κ1) is 21.1. The fourth-order valence-electron chi connectivity index (χ4n) is 3.10. The minimum absolute atomic E-state index is 0. The SMILES string of the molecule is Cl.O=C(CSC1CCS(=O)(=O)C1)NCCNC1CCCCCC1. The molecule has 2 aliphatic rings. The zero-order valence-electron chi connectivity index (χ0n) is 13.6. The van der Waals surface area contributed by atoms with Gasteiger partial charge in [-0.1, -0.05) is 25.7 Å². The van der Waals surface area contributed by atoms with E-state index in [0.29, 0.717) is 24.8 Å². The van der Waals surface area contributed by atoms with Gasteiger partial charge in [0.1, 0.15) is 0 Å². The van der Waals surface area contributed by atoms with Crippen LogP contribution < -0.4 is 10.6 Å². The summed E-state index contributed by atoms with van der Waals surface area (Å²) in [5.41, 5.74) is 0. The van der Waals surface area contributed by atoms with Gasteiger partial charge in [0.05, 0.1) is 17.3 Å². The van der Waals surface area contributed by atoms with Crippen LogP contribution in [0.25, 0.3) is 0 Å². The van der Waals surface area contributed by atoms with E-state index in [4.69, 9.17) is 0 Å². The maximum absolute atomic E-state index is 11.8. The predicted octanol–water partition coefficient (Wildman–Crippen LogP) is 1.76. The van der Waals surface area contributed by atoms with Gasteiger partial charge in [0, 0.05) is 24.4 Å². The van der Waals surface area contributed by atoms with Gasteiger partial charge >= 0.3 is 0 Å². The Kier molecular flexibility index (Phi) is 9.89. The van der Waals surface area contributed by atoms with Gasteiger partial charge in [-0.05, 0) is 19.3 Å². The summed E-state index contributed by atoms with van der Waals surface area (Å²) in [4.78, 5) is 11.8. The topological polar surface area (TPSA) is 75.3 Å². The number of hydrogen-bond donors (Lipinski definition) is 2. The van der Waals surface area contributed by atoms with Crippen LogP contribution >= 0.6 is 24.2 Å². The molecule has 2 fully saturated rings. The molecule has 2 rings (SSSR count). The second-order valence-corrected chi connectivity index (χ2v) is 9.85. The third kappa shape index (κ3) is 8.61. The molecule has 0 spiro atoms. The van der Waals surface area contributed by atoms with Gasteiger partial charge in [-0.25, -0.2) is 8.42 Å². The predicted molar refractivity (Wildman–Crippen MR) is 99.3 cm³/mol. The summed E-state index contributed by atoms with van der Waals surface area (Å²) in [5, 5.41) is 6.53. The molecular weight excluding hydrogens is 356 g/mol. The Balaban J connectivity index is 0.00000264. The van der Waals surface area contributed by atoms with Crippen LogP contribution in [0, 0.1) is 0 Å². The van der Waals surface area contributed by atoms with E-state index >= 15 is 0 Å². The first-order chi connectivity index (χ1) is 10.6. The second kappa shape index (κ2) is 10.8. The largest absolute Gasteiger partial charge is 0.354 e. The van der Waals surface area contributed by atoms with Crippen molar-refractivity contribution >= 4 is 39.9 Å². The Morgan fingerprint density at radius 1 is 1.04 bits per heavy atom. The number of carbonyl (C=O) groups excluding carboxylic acids is 1. The highest BCUT2D eigenvalue weighted by molar-refractivity contribution is 8.02. The molecule has 0 aromatic heterocycles. The van der Waals surface area contributed by atoms with E-state index in [1.807, 2.05) is 0 Å². The van der Waals surface area contributed by atoms with Crippen LogP contribution in [0.15, 0.2) is 0 Å². The molecule has 0 radical (unpaired) electrons. The Hall–Kier alpha value is 0.0200. The molecular formula is C15H29ClN2O3S2. The molecule has 1 aliphatic heterocycles. The Bertz CT molecular complexity index is 452. The van der Waals surface area contributed by atoms with Crippen molar-refractivity contribution in [3.05, 3.63) is 0 Å². The highest BCUT2D eigenvalue weighted by Crippen LogP contribution is 2.23. The summed E-state index contributed by atoms with van der Waals surface area (Å²) < 4.78 is 22.7. The smallest absolute Gasteiger partial charge is 0.230 e. The lowest BCUT2D eigenvalue weighted by molar-refractivity contribution is -0.118. The average molecular weight is 385 g/mol. The summed E-state index contributed by atoms with van der Waals surface area (Å²) in [7, 11) is -2.84. The van der Waals surface area contributed by atoms with Gasteiger partial charge in [-0.15, -0.1) is 24.2 Å². The van der Waals surface area contributed by atoms with Crippen LogP contribution in [0.1, 0.15) is 44.9 Å². The van der Waals surface area contributed by atoms with Gasteiger partial charge in [-0.3, -0.25) is 4.79 Å². The summed E-state index contributed by atoms with van der Waals surface area (Å²) in [6.45, 7) is 1.47. The Morgan fingerprint density at radius 2 is 1.74 bits per heavy atom. The second-order valence-electron chi connectivity index (χ2n) is 6.33. The number of thioether (sulfide) groups is 1. The molecule has 2 N–H and O–H groups in total. The molecule has 8 heteroatoms. The molecule has 136 valence electrons. The number of carbonyl (C=O) groups is 1. The summed E-state index contributed by atoms with van der Waals surface area (Å²) in [5.74, 6) is 0.882. The van der Waals surface area contributed by atoms with Gasteiger partial charge in [-0.2, -0.15) is 0 Å². The van der Waals surface area contributed by atoms with Gasteiger partial charge in [0.2, 0.25) is 5.91 Å². The molecule has 1 unspecified atom stereocenters. The zero-order valence-corrected chi connectivity index (χ0v) is 16.0. The molecule has 1 heterocycles. The van der Waals surface area contributed by atoms with Crippen LogP contribution in [0.4, 0.5) is 0 Å². The maximum Gasteiger partial charge on any atom is 0.230 e. The fraction of sp³-hybridized carbons (Fsp3) is 0.933. The van der Waals surface area contributed by atoms with Crippen molar-refractivity contribution in [2.45, 2.75) is 56.2 Å². The normalized spacial score (nSPS) is 24.6. The monoisotopic (exact) mass is 384 g/mol. The van der Waals surface area contributed by atoms with E-state index in [1.165, 1.54) is 50.3 Å². The van der Waals surface area contributed by atoms with Crippen LogP contribution in [0.5, 0.6) is 0 Å². The van der Waals surface area contributed by atoms with E-state index in [2.05, 4.69) is 10.6 Å². The van der Waals surface area contributed by atoms with E-state index in [9.17, 15) is 13.2 Å². The first-order valence-electron chi connectivity index (χ1n) is 8.37. The Labute approximate surface area is 150 Å². The van der Waals surface area contributed by atoms with Crippen LogP contribution in [-0.2, 0) is 14.6 Å². The lowest BCUT2D eigenvalue weighted by atomic mass is 10.1. The molecule has 1 amide bonds. The number of rotatable bonds is 7. The van der Waals surface area contributed by atoms with Crippen molar-refractivity contribution in [2.24, 2.45) is 0 Å². The standard InChI is InChI=1S/C15H28N2O3S2.ClH/c18-15(11-21-14-7-10-22(19,20)12-14)17-9-8-16-13-5-3-1-2-4-6-13;/h13-14,16H,1-12H2,(H,17,18);1H. The van der Waals surface area contributed by atoms with Crippen LogP contribution in [0.3, 0.4) is 0 Å². The Morgan fingerprint density at radius 3 is 2.35 bits per heavy atom. The molecule has 1 saturated heterocycles. The molecule has 23 heavy (non-hydrogen) atoms. The average Bonchev–Trinajstić information content (AvgIpc) is 2.67. The van der Waals surface area contributed by atoms with Crippen molar-refractivity contribution < 1.29 is 13.2 Å². The highest BCUT2D eigenvalue weighted by atomic mass is 35.5. The van der Waals surface area contributed by atoms with Crippen LogP contribution in [0.2, 0.25) is 0 Å². The van der Waals surface area contributed by atoms with Crippen molar-refractivity contribution in [1.82, 2.24) is 10.6 Å². The molecule has 0 aromatic rings. The lowest BCUT2D eigenvalue weighted by Gasteiger charge is -2.16. The number of sulfone groups is 1. The van der Waals surface area contributed by atoms with E-state index in [0.717, 1.165) is 6.54 Å². The molecule has 1 saturated carbocycles. The fourth-order valence-corrected chi connectivity index (χ4v) is 6.57. The number of nitrogens with one attached hydrogen (secondary N) is 2. The van der Waals surface area contributed by atoms with Gasteiger partial charge in [0.15, 0.2) is 9.84 Å². The van der Waals surface area contributed by atoms with Crippen molar-refractivity contribution in [3.8, 4) is 0 Å². The summed E-state index contributed by atoms with van der Waals surface area (Å²) in [6, 6.07) is 0.609. The summed E-state index contributed by atoms with van der Waals surface area (Å²) >= 11 is 1.47. The van der Waals surface area contributed by atoms with E-state index in [-0.39, 0.29) is 35.1 Å². The van der Waals surface area contributed by atoms with Crippen molar-refractivity contribution in [2.75, 3.05) is 30.3 Å². The minimum atomic E-state index is -2.84. The third-order valence-corrected chi connectivity index (χ3v) is 7.66. The maximum atomic E-state index is 11.8. The van der Waals surface area contributed by atoms with Crippen LogP contribution in [-0.4, -0.2) is 56.0 Å². The van der Waals surface area contributed by atoms with Crippen molar-refractivity contribution in [3.63, 3.8) is 0 Å². The molecule has 1 atom stereocenters. The number of amides is 1. The summed E-state index contributed by atoms with van der Waals surface area (Å²) in [6.07, 6.45) is 8.51. The van der Waals surface area contributed by atoms with E-state index in [1.54, 1.807) is 0 Å². The molecule has 0 aromatic carbocycles. The minimum Gasteiger partial charge on any atom is -0.354 e. The van der Waals surface area contributed by atoms with E-state index < -0.39 is 9.84 Å². The highest BCUT2D eigenvalue weighted by Gasteiger charge is 2.28. The molecule has 0 bridgehead atoms. The van der Waals surface area contributed by atoms with Gasteiger partial charge in [0.25, 0.3) is 0 Å². The van der Waals surface area contributed by atoms with Crippen molar-refractivity contribution in [1.29, 1.82) is 0 Å². The zero-order chi connectivity index (χ0) is 15.8.